The monoisotopic (exact) mass is 505 g/mol. The van der Waals surface area contributed by atoms with Gasteiger partial charge in [0.2, 0.25) is 0 Å². The van der Waals surface area contributed by atoms with Gasteiger partial charge >= 0.3 is 0 Å². The van der Waals surface area contributed by atoms with Crippen LogP contribution >= 0.6 is 0 Å². The second kappa shape index (κ2) is 21.1. The molecule has 0 N–H and O–H groups in total. The lowest BCUT2D eigenvalue weighted by atomic mass is 10.1. The molecule has 1 aromatic rings. The topological polar surface area (TPSA) is 72.0 Å². The maximum absolute atomic E-state index is 13.3. The zero-order valence-electron chi connectivity index (χ0n) is 23.4. The van der Waals surface area contributed by atoms with Gasteiger partial charge in [0.25, 0.3) is 11.8 Å². The van der Waals surface area contributed by atoms with Crippen molar-refractivity contribution < 1.29 is 19.1 Å². The lowest BCUT2D eigenvalue weighted by Crippen LogP contribution is -2.37. The Morgan fingerprint density at radius 1 is 0.639 bits per heavy atom. The molecule has 7 heteroatoms. The standard InChI is InChI=1S/C29H51N3O4/c1-5-9-11-13-15-20-31(22-24-35-7-3)28(33)26-18-17-19-27(30-26)29(34)32(23-25-36-8-4)21-16-14-12-10-6-2/h17-19H,5-16,20-25H2,1-4H3. The van der Waals surface area contributed by atoms with E-state index in [1.165, 1.54) is 38.5 Å². The van der Waals surface area contributed by atoms with Crippen LogP contribution in [0.4, 0.5) is 0 Å². The predicted molar refractivity (Wildman–Crippen MR) is 147 cm³/mol. The first-order valence-electron chi connectivity index (χ1n) is 14.3. The summed E-state index contributed by atoms with van der Waals surface area (Å²) in [5.74, 6) is -0.277. The Bertz CT molecular complexity index is 658. The van der Waals surface area contributed by atoms with Gasteiger partial charge in [0.05, 0.1) is 13.2 Å². The van der Waals surface area contributed by atoms with Crippen LogP contribution in [-0.4, -0.2) is 79.2 Å². The highest BCUT2D eigenvalue weighted by atomic mass is 16.5. The fraction of sp³-hybridized carbons (Fsp3) is 0.759. The third-order valence-corrected chi connectivity index (χ3v) is 6.24. The number of pyridine rings is 1. The van der Waals surface area contributed by atoms with E-state index in [2.05, 4.69) is 18.8 Å². The van der Waals surface area contributed by atoms with E-state index >= 15 is 0 Å². The van der Waals surface area contributed by atoms with Crippen molar-refractivity contribution >= 4 is 11.8 Å². The van der Waals surface area contributed by atoms with Gasteiger partial charge in [-0.3, -0.25) is 9.59 Å². The van der Waals surface area contributed by atoms with Gasteiger partial charge in [0.1, 0.15) is 11.4 Å². The first kappa shape index (κ1) is 32.0. The summed E-state index contributed by atoms with van der Waals surface area (Å²) in [6.45, 7) is 12.9. The maximum atomic E-state index is 13.3. The normalized spacial score (nSPS) is 11.0. The minimum atomic E-state index is -0.139. The summed E-state index contributed by atoms with van der Waals surface area (Å²) in [7, 11) is 0. The first-order valence-corrected chi connectivity index (χ1v) is 14.3. The van der Waals surface area contributed by atoms with Crippen LogP contribution in [0.2, 0.25) is 0 Å². The van der Waals surface area contributed by atoms with Gasteiger partial charge in [-0.2, -0.15) is 0 Å². The summed E-state index contributed by atoms with van der Waals surface area (Å²) < 4.78 is 11.0. The number of unbranched alkanes of at least 4 members (excludes halogenated alkanes) is 8. The fourth-order valence-corrected chi connectivity index (χ4v) is 4.08. The molecule has 0 unspecified atom stereocenters. The number of hydrogen-bond acceptors (Lipinski definition) is 5. The van der Waals surface area contributed by atoms with Gasteiger partial charge in [0, 0.05) is 39.4 Å². The lowest BCUT2D eigenvalue weighted by Gasteiger charge is -2.24. The van der Waals surface area contributed by atoms with Crippen molar-refractivity contribution in [2.75, 3.05) is 52.6 Å². The Kier molecular flexibility index (Phi) is 18.8. The molecule has 0 fully saturated rings. The molecule has 1 rings (SSSR count). The van der Waals surface area contributed by atoms with E-state index in [-0.39, 0.29) is 11.8 Å². The van der Waals surface area contributed by atoms with Crippen LogP contribution in [0.5, 0.6) is 0 Å². The molecular weight excluding hydrogens is 454 g/mol. The van der Waals surface area contributed by atoms with Crippen LogP contribution in [0.1, 0.15) is 113 Å². The molecular formula is C29H51N3O4. The second-order valence-electron chi connectivity index (χ2n) is 9.21. The Hall–Kier alpha value is -1.99. The van der Waals surface area contributed by atoms with E-state index in [4.69, 9.17) is 9.47 Å². The largest absolute Gasteiger partial charge is 0.380 e. The number of nitrogens with zero attached hydrogens (tertiary/aromatic N) is 3. The average molecular weight is 506 g/mol. The third kappa shape index (κ3) is 13.4. The first-order chi connectivity index (χ1) is 17.6. The predicted octanol–water partition coefficient (Wildman–Crippen LogP) is 5.98. The van der Waals surface area contributed by atoms with Gasteiger partial charge in [-0.1, -0.05) is 71.3 Å². The molecule has 0 atom stereocenters. The molecule has 0 radical (unpaired) electrons. The SMILES string of the molecule is CCCCCCCN(CCOCC)C(=O)c1cccc(C(=O)N(CCCCCCC)CCOCC)n1. The molecule has 0 bridgehead atoms. The highest BCUT2D eigenvalue weighted by Crippen LogP contribution is 2.11. The Morgan fingerprint density at radius 3 is 1.44 bits per heavy atom. The minimum absolute atomic E-state index is 0.139. The molecule has 0 aliphatic rings. The van der Waals surface area contributed by atoms with Gasteiger partial charge in [-0.15, -0.1) is 0 Å². The third-order valence-electron chi connectivity index (χ3n) is 6.24. The Balaban J connectivity index is 2.89. The summed E-state index contributed by atoms with van der Waals surface area (Å²) in [5.41, 5.74) is 0.636. The molecule has 1 heterocycles. The minimum Gasteiger partial charge on any atom is -0.380 e. The van der Waals surface area contributed by atoms with Crippen LogP contribution in [0.15, 0.2) is 18.2 Å². The van der Waals surface area contributed by atoms with E-state index < -0.39 is 0 Å². The summed E-state index contributed by atoms with van der Waals surface area (Å²) in [6, 6.07) is 5.18. The molecule has 0 aromatic carbocycles. The van der Waals surface area contributed by atoms with Crippen molar-refractivity contribution in [3.8, 4) is 0 Å². The quantitative estimate of drug-likeness (QED) is 0.181. The molecule has 206 valence electrons. The van der Waals surface area contributed by atoms with E-state index in [0.29, 0.717) is 64.0 Å². The van der Waals surface area contributed by atoms with Crippen LogP contribution in [0.25, 0.3) is 0 Å². The molecule has 7 nitrogen and oxygen atoms in total. The van der Waals surface area contributed by atoms with Crippen LogP contribution in [0, 0.1) is 0 Å². The fourth-order valence-electron chi connectivity index (χ4n) is 4.08. The number of carbonyl (C=O) groups is 2. The maximum Gasteiger partial charge on any atom is 0.272 e. The average Bonchev–Trinajstić information content (AvgIpc) is 2.90. The van der Waals surface area contributed by atoms with Gasteiger partial charge in [0.15, 0.2) is 0 Å². The number of carbonyl (C=O) groups excluding carboxylic acids is 2. The molecule has 0 aliphatic carbocycles. The van der Waals surface area contributed by atoms with Gasteiger partial charge in [-0.05, 0) is 38.8 Å². The molecule has 0 spiro atoms. The second-order valence-corrected chi connectivity index (χ2v) is 9.21. The van der Waals surface area contributed by atoms with Crippen molar-refractivity contribution in [3.05, 3.63) is 29.6 Å². The molecule has 0 saturated carbocycles. The highest BCUT2D eigenvalue weighted by molar-refractivity contribution is 5.96. The van der Waals surface area contributed by atoms with Crippen molar-refractivity contribution in [3.63, 3.8) is 0 Å². The smallest absolute Gasteiger partial charge is 0.272 e. The van der Waals surface area contributed by atoms with Crippen LogP contribution in [0.3, 0.4) is 0 Å². The highest BCUT2D eigenvalue weighted by Gasteiger charge is 2.21. The van der Waals surface area contributed by atoms with E-state index in [1.807, 2.05) is 23.6 Å². The van der Waals surface area contributed by atoms with E-state index in [9.17, 15) is 9.59 Å². The lowest BCUT2D eigenvalue weighted by molar-refractivity contribution is 0.0639. The molecule has 36 heavy (non-hydrogen) atoms. The van der Waals surface area contributed by atoms with Crippen LogP contribution < -0.4 is 0 Å². The zero-order valence-corrected chi connectivity index (χ0v) is 23.4. The molecule has 0 saturated heterocycles. The zero-order chi connectivity index (χ0) is 26.4. The van der Waals surface area contributed by atoms with E-state index in [1.54, 1.807) is 18.2 Å². The number of hydrogen-bond donors (Lipinski definition) is 0. The van der Waals surface area contributed by atoms with Crippen LogP contribution in [-0.2, 0) is 9.47 Å². The Morgan fingerprint density at radius 2 is 1.06 bits per heavy atom. The summed E-state index contributed by atoms with van der Waals surface area (Å²) >= 11 is 0. The van der Waals surface area contributed by atoms with Crippen molar-refractivity contribution in [2.45, 2.75) is 91.9 Å². The van der Waals surface area contributed by atoms with Crippen molar-refractivity contribution in [2.24, 2.45) is 0 Å². The van der Waals surface area contributed by atoms with Crippen molar-refractivity contribution in [1.82, 2.24) is 14.8 Å². The molecule has 2 amide bonds. The van der Waals surface area contributed by atoms with Gasteiger partial charge in [-0.25, -0.2) is 4.98 Å². The summed E-state index contributed by atoms with van der Waals surface area (Å²) in [4.78, 5) is 34.9. The summed E-state index contributed by atoms with van der Waals surface area (Å²) in [6.07, 6.45) is 11.3. The molecule has 0 aliphatic heterocycles. The van der Waals surface area contributed by atoms with E-state index in [0.717, 1.165) is 25.7 Å². The number of amides is 2. The van der Waals surface area contributed by atoms with Gasteiger partial charge < -0.3 is 19.3 Å². The summed E-state index contributed by atoms with van der Waals surface area (Å²) in [5, 5.41) is 0. The Labute approximate surface area is 219 Å². The van der Waals surface area contributed by atoms with Crippen molar-refractivity contribution in [1.29, 1.82) is 0 Å². The number of rotatable bonds is 22. The molecule has 1 aromatic heterocycles. The number of ether oxygens (including phenoxy) is 2. The number of aromatic nitrogens is 1.